The standard InChI is InChI=1S/C12H16N4O4S/c13-16-15-10-5-7-11(8-6-10)21(19,20)14-9-3-1-2-4-12(17)18/h5-8,14H,1-4,9H2,(H,17,18). The SMILES string of the molecule is [N-]=[N+]=Nc1ccc(S(=O)(=O)NCCCCCC(=O)O)cc1. The molecule has 0 bridgehead atoms. The first-order valence-corrected chi connectivity index (χ1v) is 7.80. The Morgan fingerprint density at radius 1 is 1.24 bits per heavy atom. The van der Waals surface area contributed by atoms with Crippen LogP contribution in [0.2, 0.25) is 0 Å². The number of aliphatic carboxylic acids is 1. The van der Waals surface area contributed by atoms with E-state index in [9.17, 15) is 13.2 Å². The van der Waals surface area contributed by atoms with Crippen molar-refractivity contribution in [1.29, 1.82) is 0 Å². The second-order valence-electron chi connectivity index (χ2n) is 4.29. The van der Waals surface area contributed by atoms with Gasteiger partial charge in [0.15, 0.2) is 0 Å². The molecular formula is C12H16N4O4S. The molecule has 0 aromatic heterocycles. The summed E-state index contributed by atoms with van der Waals surface area (Å²) in [4.78, 5) is 13.0. The predicted octanol–water partition coefficient (Wildman–Crippen LogP) is 2.55. The molecule has 0 amide bonds. The lowest BCUT2D eigenvalue weighted by Crippen LogP contribution is -2.24. The molecule has 0 radical (unpaired) electrons. The van der Waals surface area contributed by atoms with E-state index in [0.29, 0.717) is 24.9 Å². The van der Waals surface area contributed by atoms with Gasteiger partial charge in [0.05, 0.1) is 4.90 Å². The van der Waals surface area contributed by atoms with Gasteiger partial charge < -0.3 is 5.11 Å². The van der Waals surface area contributed by atoms with Gasteiger partial charge in [-0.05, 0) is 30.5 Å². The summed E-state index contributed by atoms with van der Waals surface area (Å²) in [6, 6.07) is 5.55. The number of sulfonamides is 1. The number of azide groups is 1. The highest BCUT2D eigenvalue weighted by molar-refractivity contribution is 7.89. The Morgan fingerprint density at radius 3 is 2.48 bits per heavy atom. The number of hydrogen-bond acceptors (Lipinski definition) is 4. The zero-order chi connectivity index (χ0) is 15.7. The molecule has 0 saturated heterocycles. The fourth-order valence-corrected chi connectivity index (χ4v) is 2.69. The molecule has 0 aliphatic carbocycles. The van der Waals surface area contributed by atoms with E-state index in [0.717, 1.165) is 0 Å². The van der Waals surface area contributed by atoms with Gasteiger partial charge in [-0.15, -0.1) is 0 Å². The van der Waals surface area contributed by atoms with Crippen molar-refractivity contribution in [2.24, 2.45) is 5.11 Å². The summed E-state index contributed by atoms with van der Waals surface area (Å²) in [5, 5.41) is 11.8. The van der Waals surface area contributed by atoms with Gasteiger partial charge in [0.2, 0.25) is 10.0 Å². The van der Waals surface area contributed by atoms with E-state index in [4.69, 9.17) is 10.6 Å². The van der Waals surface area contributed by atoms with Crippen molar-refractivity contribution in [2.45, 2.75) is 30.6 Å². The van der Waals surface area contributed by atoms with Crippen LogP contribution in [0.1, 0.15) is 25.7 Å². The normalized spacial score (nSPS) is 10.9. The maximum atomic E-state index is 11.9. The zero-order valence-corrected chi connectivity index (χ0v) is 12.1. The molecule has 0 saturated carbocycles. The van der Waals surface area contributed by atoms with Crippen LogP contribution in [0.5, 0.6) is 0 Å². The van der Waals surface area contributed by atoms with E-state index in [1.54, 1.807) is 0 Å². The van der Waals surface area contributed by atoms with Gasteiger partial charge in [0.25, 0.3) is 0 Å². The van der Waals surface area contributed by atoms with Crippen LogP contribution in [0.4, 0.5) is 5.69 Å². The molecule has 9 heteroatoms. The number of unbranched alkanes of at least 4 members (excludes halogenated alkanes) is 2. The molecular weight excluding hydrogens is 296 g/mol. The molecule has 1 aromatic rings. The second-order valence-corrected chi connectivity index (χ2v) is 6.05. The lowest BCUT2D eigenvalue weighted by molar-refractivity contribution is -0.137. The van der Waals surface area contributed by atoms with Gasteiger partial charge in [-0.3, -0.25) is 4.79 Å². The molecule has 114 valence electrons. The quantitative estimate of drug-likeness (QED) is 0.314. The number of carbonyl (C=O) groups is 1. The van der Waals surface area contributed by atoms with E-state index < -0.39 is 16.0 Å². The summed E-state index contributed by atoms with van der Waals surface area (Å²) in [6.07, 6.45) is 1.83. The van der Waals surface area contributed by atoms with Gasteiger partial charge in [-0.25, -0.2) is 13.1 Å². The Kier molecular flexibility index (Phi) is 6.67. The number of rotatable bonds is 9. The Bertz CT molecular complexity index is 621. The Morgan fingerprint density at radius 2 is 1.90 bits per heavy atom. The number of carboxylic acids is 1. The minimum atomic E-state index is -3.60. The molecule has 21 heavy (non-hydrogen) atoms. The molecule has 0 heterocycles. The average Bonchev–Trinajstić information content (AvgIpc) is 2.43. The fraction of sp³-hybridized carbons (Fsp3) is 0.417. The number of nitrogens with one attached hydrogen (secondary N) is 1. The van der Waals surface area contributed by atoms with E-state index >= 15 is 0 Å². The molecule has 0 aliphatic heterocycles. The lowest BCUT2D eigenvalue weighted by Gasteiger charge is -2.06. The maximum absolute atomic E-state index is 11.9. The van der Waals surface area contributed by atoms with Crippen molar-refractivity contribution in [3.05, 3.63) is 34.7 Å². The van der Waals surface area contributed by atoms with Crippen molar-refractivity contribution < 1.29 is 18.3 Å². The third-order valence-corrected chi connectivity index (χ3v) is 4.14. The summed E-state index contributed by atoms with van der Waals surface area (Å²) >= 11 is 0. The molecule has 0 fully saturated rings. The van der Waals surface area contributed by atoms with E-state index in [1.807, 2.05) is 0 Å². The highest BCUT2D eigenvalue weighted by atomic mass is 32.2. The van der Waals surface area contributed by atoms with Crippen LogP contribution in [0.25, 0.3) is 10.4 Å². The minimum Gasteiger partial charge on any atom is -0.481 e. The summed E-state index contributed by atoms with van der Waals surface area (Å²) in [5.41, 5.74) is 8.60. The molecule has 1 aromatic carbocycles. The highest BCUT2D eigenvalue weighted by Gasteiger charge is 2.12. The van der Waals surface area contributed by atoms with E-state index in [1.165, 1.54) is 24.3 Å². The Balaban J connectivity index is 2.46. The van der Waals surface area contributed by atoms with Crippen LogP contribution < -0.4 is 4.72 Å². The smallest absolute Gasteiger partial charge is 0.303 e. The molecule has 0 aliphatic rings. The summed E-state index contributed by atoms with van der Waals surface area (Å²) in [6.45, 7) is 0.250. The lowest BCUT2D eigenvalue weighted by atomic mass is 10.2. The first-order valence-electron chi connectivity index (χ1n) is 6.32. The third-order valence-electron chi connectivity index (χ3n) is 2.67. The monoisotopic (exact) mass is 312 g/mol. The van der Waals surface area contributed by atoms with Gasteiger partial charge >= 0.3 is 5.97 Å². The van der Waals surface area contributed by atoms with Crippen LogP contribution in [0.3, 0.4) is 0 Å². The van der Waals surface area contributed by atoms with E-state index in [2.05, 4.69) is 14.7 Å². The molecule has 1 rings (SSSR count). The molecule has 0 unspecified atom stereocenters. The van der Waals surface area contributed by atoms with Crippen LogP contribution >= 0.6 is 0 Å². The average molecular weight is 312 g/mol. The maximum Gasteiger partial charge on any atom is 0.303 e. The van der Waals surface area contributed by atoms with Crippen LogP contribution in [-0.4, -0.2) is 26.0 Å². The minimum absolute atomic E-state index is 0.0879. The largest absolute Gasteiger partial charge is 0.481 e. The Labute approximate surface area is 122 Å². The third kappa shape index (κ3) is 6.26. The molecule has 0 spiro atoms. The van der Waals surface area contributed by atoms with Crippen molar-refractivity contribution in [3.8, 4) is 0 Å². The topological polar surface area (TPSA) is 132 Å². The summed E-state index contributed by atoms with van der Waals surface area (Å²) < 4.78 is 26.3. The number of nitrogens with zero attached hydrogens (tertiary/aromatic N) is 3. The Hall–Kier alpha value is -2.09. The van der Waals surface area contributed by atoms with Crippen molar-refractivity contribution in [2.75, 3.05) is 6.54 Å². The highest BCUT2D eigenvalue weighted by Crippen LogP contribution is 2.16. The number of carboxylic acid groups (broad SMARTS) is 1. The molecule has 0 atom stereocenters. The number of hydrogen-bond donors (Lipinski definition) is 2. The van der Waals surface area contributed by atoms with Gasteiger partial charge in [0.1, 0.15) is 0 Å². The molecule has 8 nitrogen and oxygen atoms in total. The summed E-state index contributed by atoms with van der Waals surface area (Å²) in [5.74, 6) is -0.851. The zero-order valence-electron chi connectivity index (χ0n) is 11.3. The van der Waals surface area contributed by atoms with Crippen LogP contribution in [0.15, 0.2) is 34.3 Å². The first kappa shape index (κ1) is 17.0. The summed E-state index contributed by atoms with van der Waals surface area (Å²) in [7, 11) is -3.60. The van der Waals surface area contributed by atoms with Crippen LogP contribution in [0, 0.1) is 0 Å². The van der Waals surface area contributed by atoms with Crippen molar-refractivity contribution in [1.82, 2.24) is 4.72 Å². The van der Waals surface area contributed by atoms with Crippen molar-refractivity contribution in [3.63, 3.8) is 0 Å². The first-order chi connectivity index (χ1) is 9.95. The van der Waals surface area contributed by atoms with Gasteiger partial charge in [-0.1, -0.05) is 23.7 Å². The molecule has 2 N–H and O–H groups in total. The second kappa shape index (κ2) is 8.25. The predicted molar refractivity (Wildman–Crippen MR) is 76.5 cm³/mol. The van der Waals surface area contributed by atoms with Crippen LogP contribution in [-0.2, 0) is 14.8 Å². The fourth-order valence-electron chi connectivity index (χ4n) is 1.61. The van der Waals surface area contributed by atoms with Crippen molar-refractivity contribution >= 4 is 21.7 Å². The van der Waals surface area contributed by atoms with E-state index in [-0.39, 0.29) is 17.9 Å². The van der Waals surface area contributed by atoms with Gasteiger partial charge in [0, 0.05) is 23.6 Å². The van der Waals surface area contributed by atoms with Gasteiger partial charge in [-0.2, -0.15) is 0 Å². The number of benzene rings is 1.